The van der Waals surface area contributed by atoms with Crippen LogP contribution >= 0.6 is 0 Å². The smallest absolute Gasteiger partial charge is 0.227 e. The minimum Gasteiger partial charge on any atom is -0.361 e. The maximum Gasteiger partial charge on any atom is 0.227 e. The summed E-state index contributed by atoms with van der Waals surface area (Å²) in [5.41, 5.74) is 4.87. The second-order valence-electron chi connectivity index (χ2n) is 8.18. The molecule has 3 aromatic rings. The van der Waals surface area contributed by atoms with Crippen LogP contribution in [0.2, 0.25) is 0 Å². The first kappa shape index (κ1) is 18.8. The molecule has 28 heavy (non-hydrogen) atoms. The van der Waals surface area contributed by atoms with Crippen molar-refractivity contribution in [1.82, 2.24) is 9.88 Å². The van der Waals surface area contributed by atoms with Crippen LogP contribution in [0.3, 0.4) is 0 Å². The summed E-state index contributed by atoms with van der Waals surface area (Å²) in [6, 6.07) is 16.7. The van der Waals surface area contributed by atoms with E-state index >= 15 is 0 Å². The van der Waals surface area contributed by atoms with E-state index in [4.69, 9.17) is 0 Å². The summed E-state index contributed by atoms with van der Waals surface area (Å²) in [6.45, 7) is 1.83. The van der Waals surface area contributed by atoms with Gasteiger partial charge < -0.3 is 14.8 Å². The molecule has 0 saturated carbocycles. The van der Waals surface area contributed by atoms with Crippen LogP contribution in [0.25, 0.3) is 10.9 Å². The Labute approximate surface area is 167 Å². The monoisotopic (exact) mass is 375 g/mol. The van der Waals surface area contributed by atoms with E-state index in [1.54, 1.807) is 0 Å². The number of H-pyrrole nitrogens is 1. The first-order chi connectivity index (χ1) is 13.6. The third-order valence-corrected chi connectivity index (χ3v) is 5.67. The minimum absolute atomic E-state index is 0.246. The first-order valence-corrected chi connectivity index (χ1v) is 10.2. The highest BCUT2D eigenvalue weighted by Crippen LogP contribution is 2.30. The molecule has 1 aliphatic heterocycles. The topological polar surface area (TPSA) is 39.3 Å². The number of nitrogens with one attached hydrogen (secondary N) is 1. The van der Waals surface area contributed by atoms with Crippen molar-refractivity contribution in [2.75, 3.05) is 32.1 Å². The quantitative estimate of drug-likeness (QED) is 0.699. The number of benzene rings is 2. The number of aryl methyl sites for hydroxylation is 1. The van der Waals surface area contributed by atoms with Crippen LogP contribution in [-0.4, -0.2) is 43.0 Å². The van der Waals surface area contributed by atoms with Gasteiger partial charge in [0.15, 0.2) is 0 Å². The molecule has 1 N–H and O–H groups in total. The Balaban J connectivity index is 1.43. The normalized spacial score (nSPS) is 16.5. The maximum atomic E-state index is 13.1. The van der Waals surface area contributed by atoms with Gasteiger partial charge in [0.25, 0.3) is 0 Å². The SMILES string of the molecule is CN(C)CC1Cc2ccccc2N(C(=O)CCCc2c[nH]c3ccccc23)C1. The van der Waals surface area contributed by atoms with Crippen LogP contribution in [0.15, 0.2) is 54.7 Å². The number of aromatic amines is 1. The third-order valence-electron chi connectivity index (χ3n) is 5.67. The van der Waals surface area contributed by atoms with Gasteiger partial charge in [-0.05, 0) is 62.5 Å². The molecule has 4 heteroatoms. The molecule has 0 aliphatic carbocycles. The predicted molar refractivity (Wildman–Crippen MR) is 116 cm³/mol. The molecule has 0 saturated heterocycles. The van der Waals surface area contributed by atoms with Crippen LogP contribution < -0.4 is 4.90 Å². The van der Waals surface area contributed by atoms with Crippen molar-refractivity contribution < 1.29 is 4.79 Å². The largest absolute Gasteiger partial charge is 0.361 e. The molecule has 1 unspecified atom stereocenters. The van der Waals surface area contributed by atoms with Crippen molar-refractivity contribution in [1.29, 1.82) is 0 Å². The summed E-state index contributed by atoms with van der Waals surface area (Å²) in [6.07, 6.45) is 5.51. The van der Waals surface area contributed by atoms with E-state index < -0.39 is 0 Å². The number of amides is 1. The summed E-state index contributed by atoms with van der Waals surface area (Å²) < 4.78 is 0. The maximum absolute atomic E-state index is 13.1. The van der Waals surface area contributed by atoms with Crippen molar-refractivity contribution in [3.8, 4) is 0 Å². The zero-order valence-corrected chi connectivity index (χ0v) is 16.8. The Morgan fingerprint density at radius 2 is 1.93 bits per heavy atom. The molecular weight excluding hydrogens is 346 g/mol. The average Bonchev–Trinajstić information content (AvgIpc) is 3.10. The van der Waals surface area contributed by atoms with Crippen LogP contribution in [0.1, 0.15) is 24.0 Å². The van der Waals surface area contributed by atoms with Crippen molar-refractivity contribution in [2.45, 2.75) is 25.7 Å². The number of rotatable bonds is 6. The average molecular weight is 376 g/mol. The molecule has 0 bridgehead atoms. The van der Waals surface area contributed by atoms with Gasteiger partial charge in [-0.15, -0.1) is 0 Å². The highest BCUT2D eigenvalue weighted by atomic mass is 16.2. The van der Waals surface area contributed by atoms with Gasteiger partial charge in [0.2, 0.25) is 5.91 Å². The molecule has 0 radical (unpaired) electrons. The van der Waals surface area contributed by atoms with Crippen LogP contribution in [0.5, 0.6) is 0 Å². The molecule has 1 aromatic heterocycles. The van der Waals surface area contributed by atoms with Crippen LogP contribution in [0.4, 0.5) is 5.69 Å². The van der Waals surface area contributed by atoms with Gasteiger partial charge in [0.05, 0.1) is 0 Å². The van der Waals surface area contributed by atoms with E-state index in [2.05, 4.69) is 66.6 Å². The van der Waals surface area contributed by atoms with Gasteiger partial charge in [-0.25, -0.2) is 0 Å². The number of anilines is 1. The van der Waals surface area contributed by atoms with Gasteiger partial charge in [0.1, 0.15) is 0 Å². The molecule has 0 spiro atoms. The number of hydrogen-bond donors (Lipinski definition) is 1. The molecule has 0 fully saturated rings. The van der Waals surface area contributed by atoms with Crippen LogP contribution in [-0.2, 0) is 17.6 Å². The Hall–Kier alpha value is -2.59. The fraction of sp³-hybridized carbons (Fsp3) is 0.375. The van der Waals surface area contributed by atoms with Gasteiger partial charge >= 0.3 is 0 Å². The summed E-state index contributed by atoms with van der Waals surface area (Å²) >= 11 is 0. The standard InChI is InChI=1S/C24H29N3O/c1-26(2)16-18-14-19-8-3-6-12-23(19)27(17-18)24(28)13-7-9-20-15-25-22-11-5-4-10-21(20)22/h3-6,8,10-12,15,18,25H,7,9,13-14,16-17H2,1-2H3. The lowest BCUT2D eigenvalue weighted by Gasteiger charge is -2.36. The lowest BCUT2D eigenvalue weighted by molar-refractivity contribution is -0.119. The fourth-order valence-corrected chi connectivity index (χ4v) is 4.46. The third kappa shape index (κ3) is 3.97. The highest BCUT2D eigenvalue weighted by molar-refractivity contribution is 5.94. The first-order valence-electron chi connectivity index (χ1n) is 10.2. The van der Waals surface area contributed by atoms with E-state index in [9.17, 15) is 4.79 Å². The van der Waals surface area contributed by atoms with E-state index in [-0.39, 0.29) is 5.91 Å². The zero-order valence-electron chi connectivity index (χ0n) is 16.8. The second-order valence-corrected chi connectivity index (χ2v) is 8.18. The molecule has 4 rings (SSSR count). The Morgan fingerprint density at radius 1 is 1.14 bits per heavy atom. The number of hydrogen-bond acceptors (Lipinski definition) is 2. The van der Waals surface area contributed by atoms with Gasteiger partial charge in [0, 0.05) is 42.3 Å². The lowest BCUT2D eigenvalue weighted by atomic mass is 9.91. The fourth-order valence-electron chi connectivity index (χ4n) is 4.46. The number of carbonyl (C=O) groups excluding carboxylic acids is 1. The number of carbonyl (C=O) groups is 1. The zero-order chi connectivity index (χ0) is 19.5. The Bertz CT molecular complexity index is 959. The number of nitrogens with zero attached hydrogens (tertiary/aromatic N) is 2. The summed E-state index contributed by atoms with van der Waals surface area (Å²) in [4.78, 5) is 20.7. The van der Waals surface area contributed by atoms with E-state index in [1.807, 2.05) is 17.0 Å². The van der Waals surface area contributed by atoms with Gasteiger partial charge in [-0.1, -0.05) is 36.4 Å². The number of para-hydroxylation sites is 2. The molecule has 146 valence electrons. The molecule has 1 amide bonds. The molecular formula is C24H29N3O. The summed E-state index contributed by atoms with van der Waals surface area (Å²) in [5.74, 6) is 0.734. The summed E-state index contributed by atoms with van der Waals surface area (Å²) in [5, 5.41) is 1.27. The minimum atomic E-state index is 0.246. The van der Waals surface area contributed by atoms with Crippen LogP contribution in [0, 0.1) is 5.92 Å². The van der Waals surface area contributed by atoms with E-state index in [1.165, 1.54) is 22.0 Å². The van der Waals surface area contributed by atoms with Crippen molar-refractivity contribution in [3.63, 3.8) is 0 Å². The predicted octanol–water partition coefficient (Wildman–Crippen LogP) is 4.26. The molecule has 2 heterocycles. The van der Waals surface area contributed by atoms with Gasteiger partial charge in [-0.2, -0.15) is 0 Å². The number of fused-ring (bicyclic) bond motifs is 2. The van der Waals surface area contributed by atoms with Crippen molar-refractivity contribution in [3.05, 3.63) is 65.9 Å². The highest BCUT2D eigenvalue weighted by Gasteiger charge is 2.28. The molecule has 2 aromatic carbocycles. The number of aromatic nitrogens is 1. The van der Waals surface area contributed by atoms with E-state index in [0.29, 0.717) is 12.3 Å². The summed E-state index contributed by atoms with van der Waals surface area (Å²) in [7, 11) is 4.21. The van der Waals surface area contributed by atoms with Crippen molar-refractivity contribution >= 4 is 22.5 Å². The Morgan fingerprint density at radius 3 is 2.79 bits per heavy atom. The van der Waals surface area contributed by atoms with Crippen molar-refractivity contribution in [2.24, 2.45) is 5.92 Å². The molecule has 4 nitrogen and oxygen atoms in total. The molecule has 1 atom stereocenters. The molecule has 1 aliphatic rings. The van der Waals surface area contributed by atoms with Gasteiger partial charge in [-0.3, -0.25) is 4.79 Å². The lowest BCUT2D eigenvalue weighted by Crippen LogP contribution is -2.43. The Kier molecular flexibility index (Phi) is 5.49. The second kappa shape index (κ2) is 8.19. The van der Waals surface area contributed by atoms with E-state index in [0.717, 1.165) is 38.0 Å².